The summed E-state index contributed by atoms with van der Waals surface area (Å²) in [6.07, 6.45) is 3.30. The summed E-state index contributed by atoms with van der Waals surface area (Å²) in [5.41, 5.74) is 3.05. The molecular weight excluding hydrogens is 370 g/mol. The first-order chi connectivity index (χ1) is 13.8. The van der Waals surface area contributed by atoms with E-state index in [0.29, 0.717) is 30.9 Å². The van der Waals surface area contributed by atoms with Crippen LogP contribution in [0.1, 0.15) is 34.1 Å². The number of anilines is 2. The molecule has 3 rings (SSSR count). The third-order valence-corrected chi connectivity index (χ3v) is 4.73. The Labute approximate surface area is 170 Å². The predicted octanol–water partition coefficient (Wildman–Crippen LogP) is 3.57. The van der Waals surface area contributed by atoms with Crippen LogP contribution in [-0.2, 0) is 16.1 Å². The van der Waals surface area contributed by atoms with Crippen molar-refractivity contribution in [2.24, 2.45) is 0 Å². The van der Waals surface area contributed by atoms with Crippen LogP contribution in [0.3, 0.4) is 0 Å². The molecule has 1 aliphatic heterocycles. The lowest BCUT2D eigenvalue weighted by atomic mass is 10.0. The number of fused-ring (bicyclic) bond motifs is 1. The van der Waals surface area contributed by atoms with Gasteiger partial charge in [-0.3, -0.25) is 14.4 Å². The van der Waals surface area contributed by atoms with Crippen LogP contribution in [0.2, 0.25) is 0 Å². The zero-order valence-electron chi connectivity index (χ0n) is 17.1. The number of aryl methyl sites for hydroxylation is 1. The van der Waals surface area contributed by atoms with Crippen LogP contribution in [0, 0.1) is 11.3 Å². The Bertz CT molecular complexity index is 959. The largest absolute Gasteiger partial charge is 0.446 e. The Balaban J connectivity index is 2.02. The highest BCUT2D eigenvalue weighted by atomic mass is 16.6. The molecule has 0 spiro atoms. The van der Waals surface area contributed by atoms with Crippen molar-refractivity contribution in [2.45, 2.75) is 52.8 Å². The minimum Gasteiger partial charge on any atom is -0.446 e. The molecule has 29 heavy (non-hydrogen) atoms. The molecule has 0 bridgehead atoms. The summed E-state index contributed by atoms with van der Waals surface area (Å²) >= 11 is 0. The van der Waals surface area contributed by atoms with E-state index in [1.54, 1.807) is 34.5 Å². The van der Waals surface area contributed by atoms with Crippen LogP contribution < -0.4 is 9.80 Å². The molecule has 1 aliphatic rings. The minimum absolute atomic E-state index is 0.0762. The number of ether oxygens (including phenoxy) is 1. The van der Waals surface area contributed by atoms with Crippen molar-refractivity contribution in [1.82, 2.24) is 9.78 Å². The lowest BCUT2D eigenvalue weighted by Crippen LogP contribution is -2.51. The van der Waals surface area contributed by atoms with Crippen molar-refractivity contribution in [3.8, 4) is 17.2 Å². The summed E-state index contributed by atoms with van der Waals surface area (Å²) < 4.78 is 7.14. The second-order valence-corrected chi connectivity index (χ2v) is 7.38. The first-order valence-corrected chi connectivity index (χ1v) is 9.63. The van der Waals surface area contributed by atoms with Gasteiger partial charge < -0.3 is 9.64 Å². The summed E-state index contributed by atoms with van der Waals surface area (Å²) in [5, 5.41) is 13.0. The topological polar surface area (TPSA) is 91.5 Å². The number of benzene rings is 1. The van der Waals surface area contributed by atoms with Gasteiger partial charge >= 0.3 is 6.09 Å². The van der Waals surface area contributed by atoms with Crippen LogP contribution in [0.25, 0.3) is 11.1 Å². The van der Waals surface area contributed by atoms with Gasteiger partial charge in [-0.15, -0.1) is 0 Å². The van der Waals surface area contributed by atoms with E-state index in [-0.39, 0.29) is 18.1 Å². The lowest BCUT2D eigenvalue weighted by molar-refractivity contribution is -0.117. The van der Waals surface area contributed by atoms with Crippen molar-refractivity contribution in [2.75, 3.05) is 16.3 Å². The van der Waals surface area contributed by atoms with E-state index < -0.39 is 6.09 Å². The molecule has 0 saturated heterocycles. The molecule has 0 N–H and O–H groups in total. The molecule has 8 heteroatoms. The van der Waals surface area contributed by atoms with Crippen LogP contribution in [-0.4, -0.2) is 40.5 Å². The number of nitrogens with zero attached hydrogens (tertiary/aromatic N) is 5. The molecule has 2 aromatic rings. The molecule has 2 heterocycles. The third kappa shape index (κ3) is 4.24. The monoisotopic (exact) mass is 395 g/mol. The molecule has 0 radical (unpaired) electrons. The van der Waals surface area contributed by atoms with Crippen LogP contribution in [0.15, 0.2) is 30.6 Å². The van der Waals surface area contributed by atoms with Gasteiger partial charge in [0, 0.05) is 25.2 Å². The third-order valence-electron chi connectivity index (χ3n) is 4.73. The summed E-state index contributed by atoms with van der Waals surface area (Å²) in [7, 11) is 0. The molecule has 0 fully saturated rings. The first kappa shape index (κ1) is 20.4. The standard InChI is InChI=1S/C21H25N5O3/c1-14(2)29-21(28)25-12-15(3)26(16(4)27)19-7-6-17(10-20(19)25)18-11-23-24(13-18)9-5-8-22/h6-7,10-11,13-15H,5,9,12H2,1-4H3/t15-/m0/s1. The number of carbonyl (C=O) groups excluding carboxylic acids is 2. The maximum atomic E-state index is 12.7. The van der Waals surface area contributed by atoms with E-state index in [9.17, 15) is 9.59 Å². The maximum Gasteiger partial charge on any atom is 0.414 e. The number of carbonyl (C=O) groups is 2. The Kier molecular flexibility index (Phi) is 5.87. The van der Waals surface area contributed by atoms with Gasteiger partial charge in [0.05, 0.1) is 48.8 Å². The molecule has 8 nitrogen and oxygen atoms in total. The Morgan fingerprint density at radius 1 is 1.31 bits per heavy atom. The molecule has 0 aliphatic carbocycles. The van der Waals surface area contributed by atoms with E-state index in [1.807, 2.05) is 31.3 Å². The van der Waals surface area contributed by atoms with Gasteiger partial charge in [-0.25, -0.2) is 4.79 Å². The average Bonchev–Trinajstić information content (AvgIpc) is 3.13. The van der Waals surface area contributed by atoms with Crippen molar-refractivity contribution < 1.29 is 14.3 Å². The Hall–Kier alpha value is -3.34. The number of hydrogen-bond donors (Lipinski definition) is 0. The number of hydrogen-bond acceptors (Lipinski definition) is 5. The Morgan fingerprint density at radius 3 is 2.72 bits per heavy atom. The normalized spacial score (nSPS) is 15.8. The molecule has 1 aromatic heterocycles. The minimum atomic E-state index is -0.432. The fraction of sp³-hybridized carbons (Fsp3) is 0.429. The Morgan fingerprint density at radius 2 is 2.07 bits per heavy atom. The quantitative estimate of drug-likeness (QED) is 0.789. The van der Waals surface area contributed by atoms with Gasteiger partial charge in [0.25, 0.3) is 0 Å². The molecule has 0 unspecified atom stereocenters. The molecule has 2 amide bonds. The molecule has 152 valence electrons. The van der Waals surface area contributed by atoms with E-state index in [0.717, 1.165) is 11.1 Å². The van der Waals surface area contributed by atoms with Crippen molar-refractivity contribution in [1.29, 1.82) is 5.26 Å². The highest BCUT2D eigenvalue weighted by Gasteiger charge is 2.34. The van der Waals surface area contributed by atoms with Gasteiger partial charge in [0.2, 0.25) is 5.91 Å². The fourth-order valence-corrected chi connectivity index (χ4v) is 3.52. The van der Waals surface area contributed by atoms with Gasteiger partial charge in [-0.1, -0.05) is 6.07 Å². The number of rotatable bonds is 4. The average molecular weight is 395 g/mol. The van der Waals surface area contributed by atoms with Gasteiger partial charge in [0.15, 0.2) is 0 Å². The first-order valence-electron chi connectivity index (χ1n) is 9.63. The van der Waals surface area contributed by atoms with Crippen molar-refractivity contribution in [3.63, 3.8) is 0 Å². The van der Waals surface area contributed by atoms with E-state index in [2.05, 4.69) is 11.2 Å². The van der Waals surface area contributed by atoms with Gasteiger partial charge in [0.1, 0.15) is 0 Å². The number of aromatic nitrogens is 2. The smallest absolute Gasteiger partial charge is 0.414 e. The fourth-order valence-electron chi connectivity index (χ4n) is 3.52. The van der Waals surface area contributed by atoms with Crippen LogP contribution in [0.5, 0.6) is 0 Å². The van der Waals surface area contributed by atoms with Crippen LogP contribution >= 0.6 is 0 Å². The van der Waals surface area contributed by atoms with E-state index in [1.165, 1.54) is 6.92 Å². The highest BCUT2D eigenvalue weighted by Crippen LogP contribution is 2.39. The molecule has 0 saturated carbocycles. The highest BCUT2D eigenvalue weighted by molar-refractivity contribution is 6.03. The second-order valence-electron chi connectivity index (χ2n) is 7.38. The maximum absolute atomic E-state index is 12.7. The zero-order chi connectivity index (χ0) is 21.1. The van der Waals surface area contributed by atoms with E-state index >= 15 is 0 Å². The summed E-state index contributed by atoms with van der Waals surface area (Å²) in [5.74, 6) is -0.0762. The van der Waals surface area contributed by atoms with Crippen molar-refractivity contribution in [3.05, 3.63) is 30.6 Å². The predicted molar refractivity (Wildman–Crippen MR) is 109 cm³/mol. The SMILES string of the molecule is CC(=O)N1c2ccc(-c3cnn(CCC#N)c3)cc2N(C(=O)OC(C)C)C[C@@H]1C. The molecule has 1 atom stereocenters. The van der Waals surface area contributed by atoms with E-state index in [4.69, 9.17) is 10.00 Å². The zero-order valence-corrected chi connectivity index (χ0v) is 17.1. The second kappa shape index (κ2) is 8.35. The number of nitriles is 1. The molecular formula is C21H25N5O3. The molecule has 1 aromatic carbocycles. The van der Waals surface area contributed by atoms with Crippen LogP contribution in [0.4, 0.5) is 16.2 Å². The van der Waals surface area contributed by atoms with Gasteiger partial charge in [-0.2, -0.15) is 10.4 Å². The summed E-state index contributed by atoms with van der Waals surface area (Å²) in [6.45, 7) is 7.91. The summed E-state index contributed by atoms with van der Waals surface area (Å²) in [6, 6.07) is 7.57. The summed E-state index contributed by atoms with van der Waals surface area (Å²) in [4.78, 5) is 28.2. The van der Waals surface area contributed by atoms with Gasteiger partial charge in [-0.05, 0) is 38.5 Å². The number of amides is 2. The van der Waals surface area contributed by atoms with Crippen molar-refractivity contribution >= 4 is 23.4 Å². The lowest BCUT2D eigenvalue weighted by Gasteiger charge is -2.40.